The second-order valence-corrected chi connectivity index (χ2v) is 14.0. The zero-order chi connectivity index (χ0) is 36.1. The summed E-state index contributed by atoms with van der Waals surface area (Å²) in [6.07, 6.45) is 0. The zero-order valence-electron chi connectivity index (χ0n) is 28.2. The van der Waals surface area contributed by atoms with E-state index in [1.165, 1.54) is 36.4 Å². The molecular weight excluding hydrogens is 731 g/mol. The summed E-state index contributed by atoms with van der Waals surface area (Å²) in [6, 6.07) is 20.9. The molecule has 6 rings (SSSR count). The summed E-state index contributed by atoms with van der Waals surface area (Å²) in [5.74, 6) is -0.833. The summed E-state index contributed by atoms with van der Waals surface area (Å²) in [5, 5.41) is 38.4. The Morgan fingerprint density at radius 2 is 0.846 bits per heavy atom. The molecule has 0 aliphatic carbocycles. The molecule has 0 heterocycles. The normalized spacial score (nSPS) is 12.0. The first-order valence-corrected chi connectivity index (χ1v) is 17.4. The van der Waals surface area contributed by atoms with Crippen molar-refractivity contribution in [3.8, 4) is 22.6 Å². The number of nitrogens with zero attached hydrogens (tertiary/aromatic N) is 4. The number of anilines is 2. The minimum absolute atomic E-state index is 0. The third kappa shape index (κ3) is 8.01. The van der Waals surface area contributed by atoms with Crippen LogP contribution in [0.4, 0.5) is 34.1 Å². The number of phenols is 2. The third-order valence-electron chi connectivity index (χ3n) is 8.05. The topological polar surface area (TPSA) is 256 Å². The Labute approximate surface area is 342 Å². The maximum atomic E-state index is 11.7. The number of nitrogens with two attached hydrogens (primary N) is 2. The Bertz CT molecular complexity index is 2510. The van der Waals surface area contributed by atoms with Crippen molar-refractivity contribution in [2.24, 2.45) is 20.5 Å². The van der Waals surface area contributed by atoms with Gasteiger partial charge in [-0.15, -0.1) is 10.2 Å². The van der Waals surface area contributed by atoms with Crippen molar-refractivity contribution in [1.82, 2.24) is 0 Å². The van der Waals surface area contributed by atoms with Crippen molar-refractivity contribution >= 4 is 75.9 Å². The number of hydrogen-bond donors (Lipinski definition) is 4. The van der Waals surface area contributed by atoms with Crippen molar-refractivity contribution in [2.45, 2.75) is 23.6 Å². The van der Waals surface area contributed by atoms with E-state index in [-0.39, 0.29) is 103 Å². The molecule has 0 aliphatic rings. The second kappa shape index (κ2) is 15.6. The molecule has 6 aromatic carbocycles. The quantitative estimate of drug-likeness (QED) is 0.0790. The van der Waals surface area contributed by atoms with Crippen molar-refractivity contribution in [3.05, 3.63) is 96.1 Å². The summed E-state index contributed by atoms with van der Waals surface area (Å²) in [4.78, 5) is -1.02. The zero-order valence-corrected chi connectivity index (χ0v) is 33.8. The van der Waals surface area contributed by atoms with Gasteiger partial charge < -0.3 is 30.8 Å². The molecule has 254 valence electrons. The van der Waals surface area contributed by atoms with Crippen LogP contribution in [0.3, 0.4) is 0 Å². The third-order valence-corrected chi connectivity index (χ3v) is 9.84. The van der Waals surface area contributed by atoms with Gasteiger partial charge in [0.25, 0.3) is 0 Å². The van der Waals surface area contributed by atoms with Gasteiger partial charge in [-0.25, -0.2) is 16.8 Å². The summed E-state index contributed by atoms with van der Waals surface area (Å²) in [7, 11) is -9.63. The predicted octanol–water partition coefficient (Wildman–Crippen LogP) is 1.50. The minimum Gasteiger partial charge on any atom is -0.744 e. The van der Waals surface area contributed by atoms with Crippen LogP contribution in [0, 0.1) is 13.8 Å². The SMILES string of the molecule is Cc1cc(-c2ccc(N=Nc3ccc4c(S(=O)(=O)[O-])ccc(N)c4c3O)c(C)c2)ccc1N=Nc1ccc2c(S(=O)(=O)[O-])ccc(N)c2c1O.[Na+].[Na+]. The summed E-state index contributed by atoms with van der Waals surface area (Å²) in [5.41, 5.74) is 16.3. The Kier molecular flexibility index (Phi) is 12.2. The van der Waals surface area contributed by atoms with Crippen molar-refractivity contribution < 1.29 is 95.3 Å². The van der Waals surface area contributed by atoms with E-state index >= 15 is 0 Å². The van der Waals surface area contributed by atoms with E-state index in [2.05, 4.69) is 20.5 Å². The number of hydrogen-bond acceptors (Lipinski definition) is 14. The van der Waals surface area contributed by atoms with Crippen LogP contribution in [0.25, 0.3) is 32.7 Å². The number of phenolic OH excluding ortho intramolecular Hbond substituents is 2. The maximum Gasteiger partial charge on any atom is 1.00 e. The van der Waals surface area contributed by atoms with Crippen LogP contribution >= 0.6 is 0 Å². The van der Waals surface area contributed by atoms with Gasteiger partial charge in [0.1, 0.15) is 31.6 Å². The van der Waals surface area contributed by atoms with E-state index in [1.54, 1.807) is 12.1 Å². The largest absolute Gasteiger partial charge is 1.00 e. The summed E-state index contributed by atoms with van der Waals surface area (Å²) < 4.78 is 70.1. The molecule has 6 aromatic rings. The van der Waals surface area contributed by atoms with Gasteiger partial charge in [-0.05, 0) is 96.8 Å². The molecule has 0 fully saturated rings. The van der Waals surface area contributed by atoms with Gasteiger partial charge in [0.2, 0.25) is 0 Å². The summed E-state index contributed by atoms with van der Waals surface area (Å²) in [6.45, 7) is 3.66. The van der Waals surface area contributed by atoms with Crippen LogP contribution in [0.5, 0.6) is 11.5 Å². The average molecular weight is 757 g/mol. The van der Waals surface area contributed by atoms with Gasteiger partial charge in [-0.3, -0.25) is 0 Å². The van der Waals surface area contributed by atoms with E-state index in [4.69, 9.17) is 11.5 Å². The van der Waals surface area contributed by atoms with Crippen LogP contribution in [0.15, 0.2) is 115 Å². The molecule has 0 spiro atoms. The molecule has 6 N–H and O–H groups in total. The number of rotatable bonds is 7. The monoisotopic (exact) mass is 756 g/mol. The molecule has 52 heavy (non-hydrogen) atoms. The first-order valence-electron chi connectivity index (χ1n) is 14.6. The predicted molar refractivity (Wildman–Crippen MR) is 186 cm³/mol. The van der Waals surface area contributed by atoms with Crippen LogP contribution < -0.4 is 70.6 Å². The molecular formula is C34H26N6Na2O8S2. The van der Waals surface area contributed by atoms with Crippen LogP contribution in [0.1, 0.15) is 11.1 Å². The Morgan fingerprint density at radius 1 is 0.519 bits per heavy atom. The second-order valence-electron chi connectivity index (χ2n) is 11.3. The fraction of sp³-hybridized carbons (Fsp3) is 0.0588. The average Bonchev–Trinajstić information content (AvgIpc) is 3.04. The first-order chi connectivity index (χ1) is 23.5. The number of aromatic hydroxyl groups is 2. The van der Waals surface area contributed by atoms with Crippen LogP contribution in [-0.2, 0) is 20.2 Å². The molecule has 0 aliphatic heterocycles. The Morgan fingerprint density at radius 3 is 1.17 bits per heavy atom. The number of nitrogen functional groups attached to an aromatic ring is 2. The fourth-order valence-corrected chi connectivity index (χ4v) is 6.89. The molecule has 18 heteroatoms. The van der Waals surface area contributed by atoms with Gasteiger partial charge in [0.15, 0.2) is 11.5 Å². The molecule has 0 bridgehead atoms. The maximum absolute atomic E-state index is 11.7. The van der Waals surface area contributed by atoms with Gasteiger partial charge in [-0.2, -0.15) is 10.2 Å². The number of aryl methyl sites for hydroxylation is 2. The van der Waals surface area contributed by atoms with Gasteiger partial charge in [0, 0.05) is 22.1 Å². The molecule has 0 amide bonds. The molecule has 0 saturated heterocycles. The Hall–Kier alpha value is -3.94. The van der Waals surface area contributed by atoms with Gasteiger partial charge in [-0.1, -0.05) is 24.3 Å². The standard InChI is InChI=1S/C34H28N6O8S2.2Na/c1-17-15-19(3-9-25(17)37-39-27-11-5-21-29(49(43,44)45)13-7-23(35)31(21)33(27)41)20-4-10-26(18(2)16-20)38-40-28-12-6-22-30(50(46,47)48)14-8-24(36)32(22)34(28)42;;/h3-16,41-42H,35-36H2,1-2H3,(H,43,44,45)(H,46,47,48);;/q;2*+1/p-2. The number of benzene rings is 6. The summed E-state index contributed by atoms with van der Waals surface area (Å²) >= 11 is 0. The molecule has 14 nitrogen and oxygen atoms in total. The van der Waals surface area contributed by atoms with E-state index in [9.17, 15) is 36.2 Å². The smallest absolute Gasteiger partial charge is 0.744 e. The van der Waals surface area contributed by atoms with Crippen molar-refractivity contribution in [2.75, 3.05) is 11.5 Å². The number of fused-ring (bicyclic) bond motifs is 2. The molecule has 0 aromatic heterocycles. The van der Waals surface area contributed by atoms with Crippen LogP contribution in [-0.4, -0.2) is 36.2 Å². The van der Waals surface area contributed by atoms with Gasteiger partial charge in [0.05, 0.1) is 31.9 Å². The Balaban J connectivity index is 0.00000302. The van der Waals surface area contributed by atoms with Crippen molar-refractivity contribution in [1.29, 1.82) is 0 Å². The molecule has 0 radical (unpaired) electrons. The van der Waals surface area contributed by atoms with E-state index < -0.39 is 41.5 Å². The van der Waals surface area contributed by atoms with Gasteiger partial charge >= 0.3 is 59.1 Å². The minimum atomic E-state index is -4.82. The molecule has 0 saturated carbocycles. The van der Waals surface area contributed by atoms with E-state index in [0.717, 1.165) is 34.4 Å². The number of azo groups is 2. The molecule has 0 atom stereocenters. The van der Waals surface area contributed by atoms with Crippen molar-refractivity contribution in [3.63, 3.8) is 0 Å². The van der Waals surface area contributed by atoms with Crippen LogP contribution in [0.2, 0.25) is 0 Å². The molecule has 0 unspecified atom stereocenters. The van der Waals surface area contributed by atoms with E-state index in [1.807, 2.05) is 38.1 Å². The first kappa shape index (κ1) is 40.8. The fourth-order valence-electron chi connectivity index (χ4n) is 5.54. The van der Waals surface area contributed by atoms with E-state index in [0.29, 0.717) is 11.4 Å².